The predicted molar refractivity (Wildman–Crippen MR) is 71.3 cm³/mol. The van der Waals surface area contributed by atoms with Crippen molar-refractivity contribution in [3.05, 3.63) is 23.5 Å². The van der Waals surface area contributed by atoms with Gasteiger partial charge in [-0.25, -0.2) is 16.8 Å². The Kier molecular flexibility index (Phi) is 3.87. The molecule has 1 aliphatic heterocycles. The monoisotopic (exact) mass is 324 g/mol. The van der Waals surface area contributed by atoms with Gasteiger partial charge in [0, 0.05) is 25.5 Å². The number of hydrogen-bond acceptors (Lipinski definition) is 5. The van der Waals surface area contributed by atoms with Crippen LogP contribution in [0.1, 0.15) is 6.42 Å². The van der Waals surface area contributed by atoms with Gasteiger partial charge in [-0.05, 0) is 12.5 Å². The van der Waals surface area contributed by atoms with E-state index < -0.39 is 25.9 Å². The van der Waals surface area contributed by atoms with Gasteiger partial charge in [-0.3, -0.25) is 4.98 Å². The van der Waals surface area contributed by atoms with Crippen molar-refractivity contribution in [2.45, 2.75) is 17.4 Å². The molecule has 0 N–H and O–H groups in total. The molecular weight excluding hydrogens is 312 g/mol. The molecule has 0 radical (unpaired) electrons. The van der Waals surface area contributed by atoms with Gasteiger partial charge >= 0.3 is 0 Å². The van der Waals surface area contributed by atoms with Crippen molar-refractivity contribution in [1.82, 2.24) is 9.29 Å². The van der Waals surface area contributed by atoms with Crippen molar-refractivity contribution in [1.29, 1.82) is 0 Å². The zero-order valence-corrected chi connectivity index (χ0v) is 12.5. The highest BCUT2D eigenvalue weighted by Crippen LogP contribution is 2.26. The van der Waals surface area contributed by atoms with Crippen LogP contribution in [-0.2, 0) is 19.9 Å². The molecule has 2 rings (SSSR count). The fourth-order valence-corrected chi connectivity index (χ4v) is 5.62. The van der Waals surface area contributed by atoms with E-state index >= 15 is 0 Å². The summed E-state index contributed by atoms with van der Waals surface area (Å²) in [6.45, 7) is 0. The molecule has 6 nitrogen and oxygen atoms in total. The third-order valence-corrected chi connectivity index (χ3v) is 7.24. The lowest BCUT2D eigenvalue weighted by Crippen LogP contribution is -2.37. The van der Waals surface area contributed by atoms with Gasteiger partial charge in [-0.2, -0.15) is 4.31 Å². The van der Waals surface area contributed by atoms with Crippen molar-refractivity contribution in [2.75, 3.05) is 18.6 Å². The molecule has 9 heteroatoms. The number of pyridine rings is 1. The summed E-state index contributed by atoms with van der Waals surface area (Å²) in [6, 6.07) is 0.833. The number of hydrogen-bond donors (Lipinski definition) is 0. The molecule has 0 bridgehead atoms. The Hall–Kier alpha value is -0.700. The van der Waals surface area contributed by atoms with Crippen LogP contribution in [-0.4, -0.2) is 50.7 Å². The zero-order valence-electron chi connectivity index (χ0n) is 10.2. The van der Waals surface area contributed by atoms with Crippen LogP contribution in [0.15, 0.2) is 23.4 Å². The number of rotatable bonds is 3. The van der Waals surface area contributed by atoms with Gasteiger partial charge in [0.25, 0.3) is 0 Å². The summed E-state index contributed by atoms with van der Waals surface area (Å²) >= 11 is 5.85. The van der Waals surface area contributed by atoms with Gasteiger partial charge in [0.15, 0.2) is 9.84 Å². The first-order valence-electron chi connectivity index (χ1n) is 5.52. The summed E-state index contributed by atoms with van der Waals surface area (Å²) in [6.07, 6.45) is 2.86. The van der Waals surface area contributed by atoms with Crippen LogP contribution in [0.2, 0.25) is 5.02 Å². The van der Waals surface area contributed by atoms with Crippen LogP contribution in [0, 0.1) is 0 Å². The molecule has 0 spiro atoms. The van der Waals surface area contributed by atoms with Crippen molar-refractivity contribution < 1.29 is 16.8 Å². The second kappa shape index (κ2) is 5.01. The third-order valence-electron chi connectivity index (χ3n) is 3.11. The van der Waals surface area contributed by atoms with Crippen molar-refractivity contribution >= 4 is 31.5 Å². The fourth-order valence-electron chi connectivity index (χ4n) is 1.97. The highest BCUT2D eigenvalue weighted by Gasteiger charge is 2.37. The van der Waals surface area contributed by atoms with Crippen molar-refractivity contribution in [3.63, 3.8) is 0 Å². The van der Waals surface area contributed by atoms with Crippen LogP contribution < -0.4 is 0 Å². The number of halogens is 1. The van der Waals surface area contributed by atoms with Gasteiger partial charge in [0.05, 0.1) is 16.5 Å². The van der Waals surface area contributed by atoms with E-state index in [-0.39, 0.29) is 21.4 Å². The first kappa shape index (κ1) is 14.7. The molecule has 0 saturated carbocycles. The highest BCUT2D eigenvalue weighted by molar-refractivity contribution is 7.92. The third kappa shape index (κ3) is 2.91. The number of aromatic nitrogens is 1. The number of sulfone groups is 1. The molecule has 1 unspecified atom stereocenters. The average molecular weight is 325 g/mol. The van der Waals surface area contributed by atoms with Gasteiger partial charge in [0.2, 0.25) is 10.0 Å². The maximum atomic E-state index is 12.4. The molecule has 0 amide bonds. The minimum absolute atomic E-state index is 0.0122. The van der Waals surface area contributed by atoms with E-state index in [0.717, 1.165) is 10.5 Å². The Morgan fingerprint density at radius 2 is 2.16 bits per heavy atom. The molecule has 2 heterocycles. The molecule has 1 saturated heterocycles. The van der Waals surface area contributed by atoms with E-state index in [1.54, 1.807) is 0 Å². The average Bonchev–Trinajstić information content (AvgIpc) is 2.69. The van der Waals surface area contributed by atoms with E-state index in [2.05, 4.69) is 4.98 Å². The summed E-state index contributed by atoms with van der Waals surface area (Å²) in [5.74, 6) is -0.140. The van der Waals surface area contributed by atoms with E-state index in [4.69, 9.17) is 11.6 Å². The van der Waals surface area contributed by atoms with Gasteiger partial charge < -0.3 is 0 Å². The lowest BCUT2D eigenvalue weighted by molar-refractivity contribution is 0.394. The van der Waals surface area contributed by atoms with Crippen molar-refractivity contribution in [2.24, 2.45) is 0 Å². The maximum absolute atomic E-state index is 12.4. The number of sulfonamides is 1. The van der Waals surface area contributed by atoms with Crippen LogP contribution in [0.3, 0.4) is 0 Å². The van der Waals surface area contributed by atoms with Crippen LogP contribution in [0.5, 0.6) is 0 Å². The maximum Gasteiger partial charge on any atom is 0.246 e. The minimum atomic E-state index is -3.83. The van der Waals surface area contributed by atoms with E-state index in [0.29, 0.717) is 6.42 Å². The Labute approximate surface area is 117 Å². The number of nitrogens with zero attached hydrogens (tertiary/aromatic N) is 2. The first-order chi connectivity index (χ1) is 8.74. The van der Waals surface area contributed by atoms with E-state index in [1.165, 1.54) is 19.3 Å². The van der Waals surface area contributed by atoms with Crippen LogP contribution in [0.25, 0.3) is 0 Å². The summed E-state index contributed by atoms with van der Waals surface area (Å²) in [5.41, 5.74) is 0. The molecule has 106 valence electrons. The molecule has 1 aliphatic rings. The van der Waals surface area contributed by atoms with Gasteiger partial charge in [-0.15, -0.1) is 0 Å². The molecule has 19 heavy (non-hydrogen) atoms. The summed E-state index contributed by atoms with van der Waals surface area (Å²) < 4.78 is 48.6. The minimum Gasteiger partial charge on any atom is -0.263 e. The quantitative estimate of drug-likeness (QED) is 0.810. The first-order valence-corrected chi connectivity index (χ1v) is 9.16. The van der Waals surface area contributed by atoms with E-state index in [9.17, 15) is 16.8 Å². The Morgan fingerprint density at radius 1 is 1.47 bits per heavy atom. The molecule has 1 aromatic rings. The van der Waals surface area contributed by atoms with E-state index in [1.807, 2.05) is 0 Å². The lowest BCUT2D eigenvalue weighted by atomic mass is 10.3. The lowest BCUT2D eigenvalue weighted by Gasteiger charge is -2.22. The second-order valence-corrected chi connectivity index (χ2v) is 8.99. The zero-order chi connectivity index (χ0) is 14.3. The van der Waals surface area contributed by atoms with Crippen LogP contribution >= 0.6 is 11.6 Å². The molecule has 1 atom stereocenters. The Bertz CT molecular complexity index is 687. The SMILES string of the molecule is CN(C1CCS(=O)(=O)C1)S(=O)(=O)c1cnccc1Cl. The van der Waals surface area contributed by atoms with Crippen molar-refractivity contribution in [3.8, 4) is 0 Å². The standard InChI is InChI=1S/C10H13ClN2O4S2/c1-13(8-3-5-18(14,15)7-8)19(16,17)10-6-12-4-2-9(10)11/h2,4,6,8H,3,5,7H2,1H3. The fraction of sp³-hybridized carbons (Fsp3) is 0.500. The molecular formula is C10H13ClN2O4S2. The summed E-state index contributed by atoms with van der Waals surface area (Å²) in [5, 5.41) is 0.0719. The van der Waals surface area contributed by atoms with Gasteiger partial charge in [-0.1, -0.05) is 11.6 Å². The summed E-state index contributed by atoms with van der Waals surface area (Å²) in [4.78, 5) is 3.63. The Morgan fingerprint density at radius 3 is 2.68 bits per heavy atom. The topological polar surface area (TPSA) is 84.4 Å². The van der Waals surface area contributed by atoms with Gasteiger partial charge in [0.1, 0.15) is 4.90 Å². The Balaban J connectivity index is 2.34. The smallest absolute Gasteiger partial charge is 0.246 e. The second-order valence-electron chi connectivity index (χ2n) is 4.38. The largest absolute Gasteiger partial charge is 0.263 e. The normalized spacial score (nSPS) is 22.8. The van der Waals surface area contributed by atoms with Crippen LogP contribution in [0.4, 0.5) is 0 Å². The molecule has 0 aromatic carbocycles. The summed E-state index contributed by atoms with van der Waals surface area (Å²) in [7, 11) is -5.61. The molecule has 1 aromatic heterocycles. The predicted octanol–water partition coefficient (Wildman–Crippen LogP) is 0.543. The molecule has 1 fully saturated rings. The molecule has 0 aliphatic carbocycles. The highest BCUT2D eigenvalue weighted by atomic mass is 35.5.